The highest BCUT2D eigenvalue weighted by molar-refractivity contribution is 6.03. The van der Waals surface area contributed by atoms with Crippen molar-refractivity contribution in [3.05, 3.63) is 59.7 Å². The molecule has 2 N–H and O–H groups in total. The molecule has 2 aromatic carbocycles. The van der Waals surface area contributed by atoms with E-state index in [2.05, 4.69) is 29.6 Å². The van der Waals surface area contributed by atoms with Gasteiger partial charge in [-0.25, -0.2) is 0 Å². The maximum atomic E-state index is 12.7. The van der Waals surface area contributed by atoms with Crippen LogP contribution >= 0.6 is 0 Å². The Morgan fingerprint density at radius 2 is 1.93 bits per heavy atom. The fraction of sp³-hybridized carbons (Fsp3) is 0.417. The third-order valence-corrected chi connectivity index (χ3v) is 5.98. The quantitative estimate of drug-likeness (QED) is 0.680. The largest absolute Gasteiger partial charge is 0.478 e. The average molecular weight is 409 g/mol. The summed E-state index contributed by atoms with van der Waals surface area (Å²) in [6.07, 6.45) is 2.09. The molecular weight excluding hydrogens is 378 g/mol. The van der Waals surface area contributed by atoms with E-state index < -0.39 is 6.10 Å². The number of nitrogens with zero attached hydrogens (tertiary/aromatic N) is 1. The first-order valence-electron chi connectivity index (χ1n) is 10.9. The van der Waals surface area contributed by atoms with Gasteiger partial charge in [0.1, 0.15) is 18.8 Å². The van der Waals surface area contributed by atoms with Crippen molar-refractivity contribution in [3.8, 4) is 5.75 Å². The molecule has 0 bridgehead atoms. The third-order valence-electron chi connectivity index (χ3n) is 5.98. The van der Waals surface area contributed by atoms with Crippen LogP contribution < -0.4 is 19.9 Å². The zero-order chi connectivity index (χ0) is 20.9. The Hall–Kier alpha value is -2.86. The Morgan fingerprint density at radius 1 is 1.17 bits per heavy atom. The molecular formula is C24H30N3O3+. The number of hydrogen-bond acceptors (Lipinski definition) is 3. The van der Waals surface area contributed by atoms with Gasteiger partial charge in [0.25, 0.3) is 5.91 Å². The van der Waals surface area contributed by atoms with E-state index in [1.807, 2.05) is 31.2 Å². The lowest BCUT2D eigenvalue weighted by Gasteiger charge is -2.33. The van der Waals surface area contributed by atoms with Gasteiger partial charge < -0.3 is 15.0 Å². The van der Waals surface area contributed by atoms with Crippen LogP contribution in [0.3, 0.4) is 0 Å². The van der Waals surface area contributed by atoms with Crippen molar-refractivity contribution >= 4 is 17.5 Å². The molecule has 0 aliphatic carbocycles. The Balaban J connectivity index is 1.26. The van der Waals surface area contributed by atoms with Crippen molar-refractivity contribution in [1.29, 1.82) is 0 Å². The van der Waals surface area contributed by atoms with Crippen LogP contribution in [0.4, 0.5) is 5.69 Å². The van der Waals surface area contributed by atoms with Gasteiger partial charge in [-0.05, 0) is 24.1 Å². The summed E-state index contributed by atoms with van der Waals surface area (Å²) >= 11 is 0. The van der Waals surface area contributed by atoms with Gasteiger partial charge in [-0.15, -0.1) is 0 Å². The van der Waals surface area contributed by atoms with E-state index in [4.69, 9.17) is 4.74 Å². The molecule has 0 radical (unpaired) electrons. The molecule has 2 unspecified atom stereocenters. The van der Waals surface area contributed by atoms with Crippen LogP contribution in [0.5, 0.6) is 5.75 Å². The van der Waals surface area contributed by atoms with Crippen molar-refractivity contribution in [2.24, 2.45) is 0 Å². The lowest BCUT2D eigenvalue weighted by molar-refractivity contribution is -0.916. The van der Waals surface area contributed by atoms with Gasteiger partial charge in [-0.2, -0.15) is 0 Å². The minimum atomic E-state index is -0.529. The second-order valence-electron chi connectivity index (χ2n) is 8.06. The van der Waals surface area contributed by atoms with Gasteiger partial charge >= 0.3 is 0 Å². The number of para-hydroxylation sites is 2. The Labute approximate surface area is 177 Å². The molecule has 2 atom stereocenters. The van der Waals surface area contributed by atoms with Crippen molar-refractivity contribution in [3.63, 3.8) is 0 Å². The standard InChI is InChI=1S/C24H29N3O3/c1-2-21-24(29)27(20-10-5-6-11-22(20)30-21)17-23(28)25-13-7-14-26-15-12-18-8-3-4-9-19(18)16-26/h3-6,8-11,21H,2,7,12-17H2,1H3,(H,25,28)/p+1. The van der Waals surface area contributed by atoms with Gasteiger partial charge in [-0.1, -0.05) is 43.3 Å². The molecule has 6 nitrogen and oxygen atoms in total. The highest BCUT2D eigenvalue weighted by atomic mass is 16.5. The van der Waals surface area contributed by atoms with E-state index in [1.165, 1.54) is 11.1 Å². The fourth-order valence-electron chi connectivity index (χ4n) is 4.32. The number of quaternary nitrogens is 1. The summed E-state index contributed by atoms with van der Waals surface area (Å²) in [5.41, 5.74) is 3.58. The van der Waals surface area contributed by atoms with Gasteiger partial charge in [0.15, 0.2) is 6.10 Å². The monoisotopic (exact) mass is 408 g/mol. The van der Waals surface area contributed by atoms with Gasteiger partial charge in [0.05, 0.1) is 18.8 Å². The summed E-state index contributed by atoms with van der Waals surface area (Å²) in [5, 5.41) is 2.99. The predicted molar refractivity (Wildman–Crippen MR) is 116 cm³/mol. The van der Waals surface area contributed by atoms with Crippen LogP contribution in [-0.4, -0.2) is 44.1 Å². The molecule has 2 heterocycles. The molecule has 0 saturated heterocycles. The van der Waals surface area contributed by atoms with Crippen LogP contribution in [-0.2, 0) is 22.6 Å². The van der Waals surface area contributed by atoms with Gasteiger partial charge in [0.2, 0.25) is 5.91 Å². The lowest BCUT2D eigenvalue weighted by Crippen LogP contribution is -3.11. The average Bonchev–Trinajstić information content (AvgIpc) is 2.78. The number of hydrogen-bond donors (Lipinski definition) is 2. The molecule has 30 heavy (non-hydrogen) atoms. The van der Waals surface area contributed by atoms with Crippen LogP contribution in [0, 0.1) is 0 Å². The molecule has 158 valence electrons. The molecule has 0 fully saturated rings. The van der Waals surface area contributed by atoms with Crippen molar-refractivity contribution in [2.45, 2.75) is 38.8 Å². The summed E-state index contributed by atoms with van der Waals surface area (Å²) in [6.45, 7) is 5.80. The Bertz CT molecular complexity index is 914. The first-order valence-corrected chi connectivity index (χ1v) is 10.9. The van der Waals surface area contributed by atoms with Crippen LogP contribution in [0.2, 0.25) is 0 Å². The molecule has 2 aliphatic rings. The summed E-state index contributed by atoms with van der Waals surface area (Å²) in [4.78, 5) is 28.3. The van der Waals surface area contributed by atoms with Crippen LogP contribution in [0.1, 0.15) is 30.9 Å². The molecule has 2 amide bonds. The number of fused-ring (bicyclic) bond motifs is 2. The highest BCUT2D eigenvalue weighted by Crippen LogP contribution is 2.34. The summed E-state index contributed by atoms with van der Waals surface area (Å²) in [7, 11) is 0. The van der Waals surface area contributed by atoms with Gasteiger partial charge in [-0.3, -0.25) is 14.5 Å². The molecule has 0 saturated carbocycles. The first kappa shape index (κ1) is 20.4. The second kappa shape index (κ2) is 9.30. The molecule has 0 spiro atoms. The number of rotatable bonds is 7. The van der Waals surface area contributed by atoms with E-state index in [-0.39, 0.29) is 18.4 Å². The van der Waals surface area contributed by atoms with E-state index in [1.54, 1.807) is 9.80 Å². The normalized spacial score (nSPS) is 20.2. The SMILES string of the molecule is CCC1Oc2ccccc2N(CC(=O)NCCC[NH+]2CCc3ccccc3C2)C1=O. The maximum absolute atomic E-state index is 12.7. The van der Waals surface area contributed by atoms with E-state index in [9.17, 15) is 9.59 Å². The zero-order valence-corrected chi connectivity index (χ0v) is 17.5. The van der Waals surface area contributed by atoms with Crippen LogP contribution in [0.15, 0.2) is 48.5 Å². The van der Waals surface area contributed by atoms with Crippen molar-refractivity contribution < 1.29 is 19.2 Å². The number of ether oxygens (including phenoxy) is 1. The number of carbonyl (C=O) groups is 2. The van der Waals surface area contributed by atoms with E-state index >= 15 is 0 Å². The highest BCUT2D eigenvalue weighted by Gasteiger charge is 2.34. The molecule has 2 aromatic rings. The lowest BCUT2D eigenvalue weighted by atomic mass is 10.00. The fourth-order valence-corrected chi connectivity index (χ4v) is 4.32. The van der Waals surface area contributed by atoms with E-state index in [0.29, 0.717) is 24.4 Å². The van der Waals surface area contributed by atoms with Gasteiger partial charge in [0, 0.05) is 24.9 Å². The van der Waals surface area contributed by atoms with Crippen LogP contribution in [0.25, 0.3) is 0 Å². The Morgan fingerprint density at radius 3 is 2.77 bits per heavy atom. The minimum Gasteiger partial charge on any atom is -0.478 e. The van der Waals surface area contributed by atoms with Crippen molar-refractivity contribution in [1.82, 2.24) is 5.32 Å². The number of anilines is 1. The predicted octanol–water partition coefficient (Wildman–Crippen LogP) is 1.34. The summed E-state index contributed by atoms with van der Waals surface area (Å²) < 4.78 is 5.77. The third kappa shape index (κ3) is 4.49. The first-order chi connectivity index (χ1) is 14.7. The number of carbonyl (C=O) groups excluding carboxylic acids is 2. The maximum Gasteiger partial charge on any atom is 0.268 e. The number of nitrogens with one attached hydrogen (secondary N) is 2. The number of benzene rings is 2. The molecule has 2 aliphatic heterocycles. The molecule has 6 heteroatoms. The zero-order valence-electron chi connectivity index (χ0n) is 17.5. The second-order valence-corrected chi connectivity index (χ2v) is 8.06. The minimum absolute atomic E-state index is 0.0274. The molecule has 0 aromatic heterocycles. The van der Waals surface area contributed by atoms with E-state index in [0.717, 1.165) is 32.5 Å². The number of amides is 2. The molecule has 4 rings (SSSR count). The topological polar surface area (TPSA) is 63.1 Å². The Kier molecular flexibility index (Phi) is 6.33. The summed E-state index contributed by atoms with van der Waals surface area (Å²) in [5.74, 6) is 0.377. The van der Waals surface area contributed by atoms with Crippen molar-refractivity contribution in [2.75, 3.05) is 31.1 Å². The smallest absolute Gasteiger partial charge is 0.268 e. The summed E-state index contributed by atoms with van der Waals surface area (Å²) in [6, 6.07) is 16.1.